The van der Waals surface area contributed by atoms with Crippen LogP contribution in [0.1, 0.15) is 45.1 Å². The number of β-amino-alcohol motifs (C(OH)–C–C–N with tert-alkyl or cyclic N) is 1. The number of amides is 1. The predicted octanol–water partition coefficient (Wildman–Crippen LogP) is 2.17. The Bertz CT molecular complexity index is 731. The van der Waals surface area contributed by atoms with Crippen molar-refractivity contribution in [3.63, 3.8) is 0 Å². The minimum atomic E-state index is -0.586. The molecule has 2 saturated heterocycles. The molecule has 0 radical (unpaired) electrons. The lowest BCUT2D eigenvalue weighted by atomic mass is 9.81. The van der Waals surface area contributed by atoms with Crippen LogP contribution in [0, 0.1) is 5.92 Å². The number of aliphatic hydroxyl groups excluding tert-OH is 1. The first-order chi connectivity index (χ1) is 13.7. The summed E-state index contributed by atoms with van der Waals surface area (Å²) in [6.45, 7) is 7.60. The molecule has 2 fully saturated rings. The monoisotopic (exact) mass is 405 g/mol. The van der Waals surface area contributed by atoms with Crippen molar-refractivity contribution in [3.8, 4) is 0 Å². The fourth-order valence-corrected chi connectivity index (χ4v) is 3.99. The third-order valence-electron chi connectivity index (χ3n) is 5.45. The number of rotatable bonds is 3. The van der Waals surface area contributed by atoms with Crippen molar-refractivity contribution in [2.45, 2.75) is 51.2 Å². The molecule has 0 spiro atoms. The van der Waals surface area contributed by atoms with E-state index in [1.165, 1.54) is 7.11 Å². The summed E-state index contributed by atoms with van der Waals surface area (Å²) in [5.41, 5.74) is 0.366. The number of nitrogens with zero attached hydrogens (tertiary/aromatic N) is 3. The van der Waals surface area contributed by atoms with Gasteiger partial charge in [0.05, 0.1) is 19.1 Å². The van der Waals surface area contributed by atoms with Gasteiger partial charge in [0.2, 0.25) is 0 Å². The van der Waals surface area contributed by atoms with Gasteiger partial charge in [0.15, 0.2) is 0 Å². The second-order valence-electron chi connectivity index (χ2n) is 8.79. The summed E-state index contributed by atoms with van der Waals surface area (Å²) >= 11 is 0. The quantitative estimate of drug-likeness (QED) is 0.771. The van der Waals surface area contributed by atoms with E-state index in [2.05, 4.69) is 9.88 Å². The number of hydrogen-bond acceptors (Lipinski definition) is 7. The van der Waals surface area contributed by atoms with Crippen LogP contribution in [0.3, 0.4) is 0 Å². The molecule has 0 bridgehead atoms. The Morgan fingerprint density at radius 3 is 2.48 bits per heavy atom. The van der Waals surface area contributed by atoms with Crippen LogP contribution < -0.4 is 4.90 Å². The van der Waals surface area contributed by atoms with Crippen LogP contribution in [0.15, 0.2) is 18.3 Å². The number of hydrogen-bond donors (Lipinski definition) is 1. The third-order valence-corrected chi connectivity index (χ3v) is 5.45. The first kappa shape index (κ1) is 21.4. The number of piperidine rings is 1. The molecule has 2 aliphatic rings. The second kappa shape index (κ2) is 8.57. The van der Waals surface area contributed by atoms with Crippen molar-refractivity contribution in [1.82, 2.24) is 9.88 Å². The fourth-order valence-electron chi connectivity index (χ4n) is 3.99. The highest BCUT2D eigenvalue weighted by atomic mass is 16.6. The predicted molar refractivity (Wildman–Crippen MR) is 108 cm³/mol. The topological polar surface area (TPSA) is 92.2 Å². The van der Waals surface area contributed by atoms with Gasteiger partial charge in [-0.2, -0.15) is 0 Å². The van der Waals surface area contributed by atoms with E-state index in [0.717, 1.165) is 24.3 Å². The van der Waals surface area contributed by atoms with Crippen molar-refractivity contribution in [2.75, 3.05) is 38.2 Å². The Balaban J connectivity index is 1.73. The van der Waals surface area contributed by atoms with Gasteiger partial charge in [0.1, 0.15) is 11.4 Å². The maximum Gasteiger partial charge on any atom is 0.410 e. The zero-order valence-electron chi connectivity index (χ0n) is 17.6. The zero-order chi connectivity index (χ0) is 21.2. The van der Waals surface area contributed by atoms with Crippen molar-refractivity contribution in [1.29, 1.82) is 0 Å². The van der Waals surface area contributed by atoms with E-state index in [4.69, 9.17) is 9.47 Å². The Kier molecular flexibility index (Phi) is 6.31. The molecule has 3 heterocycles. The molecule has 3 rings (SSSR count). The highest BCUT2D eigenvalue weighted by molar-refractivity contribution is 5.76. The second-order valence-corrected chi connectivity index (χ2v) is 8.79. The van der Waals surface area contributed by atoms with Crippen LogP contribution in [0.2, 0.25) is 0 Å². The maximum atomic E-state index is 12.5. The van der Waals surface area contributed by atoms with Crippen LogP contribution in [0.25, 0.3) is 0 Å². The van der Waals surface area contributed by atoms with Gasteiger partial charge >= 0.3 is 12.1 Å². The summed E-state index contributed by atoms with van der Waals surface area (Å²) in [5.74, 6) is -0.0597. The Morgan fingerprint density at radius 1 is 1.17 bits per heavy atom. The molecule has 8 nitrogen and oxygen atoms in total. The molecule has 1 aromatic heterocycles. The molecule has 0 aromatic carbocycles. The van der Waals surface area contributed by atoms with Crippen LogP contribution in [-0.2, 0) is 14.3 Å². The summed E-state index contributed by atoms with van der Waals surface area (Å²) in [7, 11) is 1.37. The van der Waals surface area contributed by atoms with E-state index in [1.807, 2.05) is 32.9 Å². The fraction of sp³-hybridized carbons (Fsp3) is 0.667. The lowest BCUT2D eigenvalue weighted by Gasteiger charge is -2.37. The summed E-state index contributed by atoms with van der Waals surface area (Å²) in [4.78, 5) is 33.1. The van der Waals surface area contributed by atoms with Gasteiger partial charge in [0.25, 0.3) is 0 Å². The molecule has 3 atom stereocenters. The molecule has 29 heavy (non-hydrogen) atoms. The normalized spacial score (nSPS) is 25.1. The molecular formula is C21H31N3O5. The largest absolute Gasteiger partial charge is 0.469 e. The number of likely N-dealkylation sites (tertiary alicyclic amines) is 1. The molecular weight excluding hydrogens is 374 g/mol. The maximum absolute atomic E-state index is 12.5. The Hall–Kier alpha value is -2.35. The standard InChI is InChI=1S/C21H31N3O5/c1-21(2,3)29-20(27)24-10-8-16(17(13-24)19(26)28-4)14-5-6-18(22-11-14)23-9-7-15(25)12-23/h5-6,11,15-17,25H,7-10,12-13H2,1-4H3/t15-,16+,17+/m0/s1. The van der Waals surface area contributed by atoms with E-state index < -0.39 is 17.6 Å². The van der Waals surface area contributed by atoms with Crippen LogP contribution in [-0.4, -0.2) is 72.0 Å². The Morgan fingerprint density at radius 2 is 1.93 bits per heavy atom. The molecule has 0 unspecified atom stereocenters. The van der Waals surface area contributed by atoms with Gasteiger partial charge in [-0.15, -0.1) is 0 Å². The van der Waals surface area contributed by atoms with Gasteiger partial charge in [-0.3, -0.25) is 4.79 Å². The summed E-state index contributed by atoms with van der Waals surface area (Å²) in [5, 5.41) is 9.72. The number of aromatic nitrogens is 1. The average Bonchev–Trinajstić information content (AvgIpc) is 3.12. The van der Waals surface area contributed by atoms with Crippen LogP contribution in [0.4, 0.5) is 10.6 Å². The van der Waals surface area contributed by atoms with Crippen LogP contribution in [0.5, 0.6) is 0 Å². The molecule has 0 saturated carbocycles. The van der Waals surface area contributed by atoms with E-state index >= 15 is 0 Å². The molecule has 8 heteroatoms. The van der Waals surface area contributed by atoms with Gasteiger partial charge in [-0.25, -0.2) is 9.78 Å². The first-order valence-electron chi connectivity index (χ1n) is 10.1. The molecule has 2 aliphatic heterocycles. The third kappa shape index (κ3) is 5.18. The van der Waals surface area contributed by atoms with Crippen molar-refractivity contribution in [3.05, 3.63) is 23.9 Å². The average molecular weight is 405 g/mol. The minimum Gasteiger partial charge on any atom is -0.469 e. The molecule has 1 amide bonds. The van der Waals surface area contributed by atoms with Gasteiger partial charge in [-0.1, -0.05) is 6.07 Å². The summed E-state index contributed by atoms with van der Waals surface area (Å²) < 4.78 is 10.5. The van der Waals surface area contributed by atoms with Crippen molar-refractivity contribution >= 4 is 17.9 Å². The number of anilines is 1. The molecule has 160 valence electrons. The zero-order valence-corrected chi connectivity index (χ0v) is 17.6. The number of aliphatic hydroxyl groups is 1. The summed E-state index contributed by atoms with van der Waals surface area (Å²) in [6, 6.07) is 3.92. The SMILES string of the molecule is COC(=O)[C@@H]1CN(C(=O)OC(C)(C)C)CC[C@@H]1c1ccc(N2CC[C@H](O)C2)nc1. The van der Waals surface area contributed by atoms with Gasteiger partial charge in [-0.05, 0) is 45.2 Å². The molecule has 1 aromatic rings. The minimum absolute atomic E-state index is 0.0770. The Labute approximate surface area is 171 Å². The van der Waals surface area contributed by atoms with Crippen molar-refractivity contribution in [2.24, 2.45) is 5.92 Å². The number of methoxy groups -OCH3 is 1. The van der Waals surface area contributed by atoms with Crippen molar-refractivity contribution < 1.29 is 24.2 Å². The highest BCUT2D eigenvalue weighted by Crippen LogP contribution is 2.35. The summed E-state index contributed by atoms with van der Waals surface area (Å²) in [6.07, 6.45) is 2.45. The lowest BCUT2D eigenvalue weighted by molar-refractivity contribution is -0.148. The lowest BCUT2D eigenvalue weighted by Crippen LogP contribution is -2.47. The smallest absolute Gasteiger partial charge is 0.410 e. The molecule has 1 N–H and O–H groups in total. The number of carbonyl (C=O) groups excluding carboxylic acids is 2. The first-order valence-corrected chi connectivity index (χ1v) is 10.1. The van der Waals surface area contributed by atoms with E-state index in [9.17, 15) is 14.7 Å². The van der Waals surface area contributed by atoms with E-state index in [0.29, 0.717) is 19.5 Å². The van der Waals surface area contributed by atoms with Gasteiger partial charge < -0.3 is 24.4 Å². The number of pyridine rings is 1. The number of esters is 1. The molecule has 0 aliphatic carbocycles. The van der Waals surface area contributed by atoms with Gasteiger partial charge in [0, 0.05) is 38.3 Å². The number of carbonyl (C=O) groups is 2. The van der Waals surface area contributed by atoms with E-state index in [1.54, 1.807) is 11.1 Å². The van der Waals surface area contributed by atoms with Crippen LogP contribution >= 0.6 is 0 Å². The van der Waals surface area contributed by atoms with E-state index in [-0.39, 0.29) is 24.5 Å². The number of ether oxygens (including phenoxy) is 2. The highest BCUT2D eigenvalue weighted by Gasteiger charge is 2.39.